The van der Waals surface area contributed by atoms with Gasteiger partial charge in [0.15, 0.2) is 0 Å². The number of nitrogens with zero attached hydrogens (tertiary/aromatic N) is 2. The number of carbonyl (C=O) groups is 1. The predicted molar refractivity (Wildman–Crippen MR) is 124 cm³/mol. The average molecular weight is 481 g/mol. The highest BCUT2D eigenvalue weighted by Crippen LogP contribution is 2.34. The van der Waals surface area contributed by atoms with E-state index in [-0.39, 0.29) is 27.4 Å². The Hall–Kier alpha value is -2.29. The Balaban J connectivity index is 1.97. The Morgan fingerprint density at radius 1 is 1.06 bits per heavy atom. The zero-order valence-electron chi connectivity index (χ0n) is 18.8. The highest BCUT2D eigenvalue weighted by atomic mass is 35.5. The van der Waals surface area contributed by atoms with Crippen LogP contribution in [0.3, 0.4) is 0 Å². The van der Waals surface area contributed by atoms with Gasteiger partial charge in [-0.05, 0) is 49.2 Å². The maximum atomic E-state index is 13.5. The normalized spacial score (nSPS) is 13.8. The van der Waals surface area contributed by atoms with Crippen molar-refractivity contribution in [3.05, 3.63) is 52.5 Å². The van der Waals surface area contributed by atoms with E-state index in [2.05, 4.69) is 0 Å². The molecule has 0 heterocycles. The molecule has 0 saturated heterocycles. The molecule has 0 aliphatic heterocycles. The lowest BCUT2D eigenvalue weighted by Crippen LogP contribution is -2.33. The van der Waals surface area contributed by atoms with Gasteiger partial charge in [0.1, 0.15) is 16.4 Å². The fourth-order valence-corrected chi connectivity index (χ4v) is 5.60. The molecular weight excluding hydrogens is 452 g/mol. The summed E-state index contributed by atoms with van der Waals surface area (Å²) in [7, 11) is -0.637. The van der Waals surface area contributed by atoms with Crippen LogP contribution in [0.25, 0.3) is 0 Å². The molecule has 1 amide bonds. The summed E-state index contributed by atoms with van der Waals surface area (Å²) < 4.78 is 38.2. The van der Waals surface area contributed by atoms with E-state index in [0.717, 1.165) is 18.4 Å². The lowest BCUT2D eigenvalue weighted by molar-refractivity contribution is 0.0728. The highest BCUT2D eigenvalue weighted by molar-refractivity contribution is 7.89. The maximum Gasteiger partial charge on any atom is 0.254 e. The molecule has 0 unspecified atom stereocenters. The third-order valence-electron chi connectivity index (χ3n) is 5.58. The molecule has 0 atom stereocenters. The Morgan fingerprint density at radius 3 is 2.31 bits per heavy atom. The van der Waals surface area contributed by atoms with Crippen LogP contribution in [0.4, 0.5) is 0 Å². The molecule has 1 aliphatic rings. The topological polar surface area (TPSA) is 76.2 Å². The van der Waals surface area contributed by atoms with Crippen LogP contribution in [-0.4, -0.2) is 56.9 Å². The van der Waals surface area contributed by atoms with Crippen LogP contribution >= 0.6 is 11.6 Å². The molecule has 32 heavy (non-hydrogen) atoms. The minimum atomic E-state index is -3.80. The average Bonchev–Trinajstić information content (AvgIpc) is 3.63. The van der Waals surface area contributed by atoms with Crippen molar-refractivity contribution < 1.29 is 22.7 Å². The standard InChI is InChI=1S/C23H29ClN2O5S/c1-5-25(6-2)32(28,29)22-14-16(7-11-20(22)24)23(27)26(18-8-9-18)15-17-13-19(30-3)10-12-21(17)31-4/h7,10-14,18H,5-6,8-9,15H2,1-4H3. The van der Waals surface area contributed by atoms with Crippen LogP contribution in [0.5, 0.6) is 11.5 Å². The number of hydrogen-bond acceptors (Lipinski definition) is 5. The smallest absolute Gasteiger partial charge is 0.254 e. The number of hydrogen-bond donors (Lipinski definition) is 0. The summed E-state index contributed by atoms with van der Waals surface area (Å²) in [5, 5.41) is 0.0980. The summed E-state index contributed by atoms with van der Waals surface area (Å²) in [6.45, 7) is 4.49. The molecule has 174 valence electrons. The van der Waals surface area contributed by atoms with Gasteiger partial charge in [-0.25, -0.2) is 8.42 Å². The van der Waals surface area contributed by atoms with Crippen molar-refractivity contribution in [3.8, 4) is 11.5 Å². The number of ether oxygens (including phenoxy) is 2. The van der Waals surface area contributed by atoms with Gasteiger partial charge in [0.2, 0.25) is 10.0 Å². The van der Waals surface area contributed by atoms with Gasteiger partial charge in [-0.1, -0.05) is 25.4 Å². The van der Waals surface area contributed by atoms with Crippen molar-refractivity contribution in [2.45, 2.75) is 44.2 Å². The molecular formula is C23H29ClN2O5S. The van der Waals surface area contributed by atoms with Crippen molar-refractivity contribution in [2.24, 2.45) is 0 Å². The number of benzene rings is 2. The molecule has 0 radical (unpaired) electrons. The molecule has 1 fully saturated rings. The molecule has 7 nitrogen and oxygen atoms in total. The van der Waals surface area contributed by atoms with Crippen LogP contribution in [0.1, 0.15) is 42.6 Å². The number of halogens is 1. The van der Waals surface area contributed by atoms with E-state index in [9.17, 15) is 13.2 Å². The fourth-order valence-electron chi connectivity index (χ4n) is 3.64. The lowest BCUT2D eigenvalue weighted by Gasteiger charge is -2.25. The van der Waals surface area contributed by atoms with Gasteiger partial charge in [0.25, 0.3) is 5.91 Å². The molecule has 0 spiro atoms. The van der Waals surface area contributed by atoms with E-state index >= 15 is 0 Å². The van der Waals surface area contributed by atoms with Crippen LogP contribution in [0.15, 0.2) is 41.3 Å². The number of carbonyl (C=O) groups excluding carboxylic acids is 1. The van der Waals surface area contributed by atoms with Crippen LogP contribution in [-0.2, 0) is 16.6 Å². The van der Waals surface area contributed by atoms with Gasteiger partial charge < -0.3 is 14.4 Å². The zero-order chi connectivity index (χ0) is 23.5. The summed E-state index contributed by atoms with van der Waals surface area (Å²) in [4.78, 5) is 15.2. The Labute approximate surface area is 194 Å². The van der Waals surface area contributed by atoms with Crippen molar-refractivity contribution in [2.75, 3.05) is 27.3 Å². The molecule has 2 aromatic carbocycles. The Kier molecular flexibility index (Phi) is 7.69. The summed E-state index contributed by atoms with van der Waals surface area (Å²) in [5.41, 5.74) is 1.10. The predicted octanol–water partition coefficient (Wildman–Crippen LogP) is 4.19. The summed E-state index contributed by atoms with van der Waals surface area (Å²) in [6, 6.07) is 9.98. The van der Waals surface area contributed by atoms with E-state index in [1.807, 2.05) is 6.07 Å². The third-order valence-corrected chi connectivity index (χ3v) is 8.11. The summed E-state index contributed by atoms with van der Waals surface area (Å²) in [6.07, 6.45) is 1.80. The van der Waals surface area contributed by atoms with E-state index in [4.69, 9.17) is 21.1 Å². The Bertz CT molecular complexity index is 1080. The monoisotopic (exact) mass is 480 g/mol. The largest absolute Gasteiger partial charge is 0.497 e. The quantitative estimate of drug-likeness (QED) is 0.509. The van der Waals surface area contributed by atoms with Gasteiger partial charge in [-0.3, -0.25) is 4.79 Å². The first-order chi connectivity index (χ1) is 15.3. The first-order valence-corrected chi connectivity index (χ1v) is 12.4. The fraction of sp³-hybridized carbons (Fsp3) is 0.435. The van der Waals surface area contributed by atoms with Crippen LogP contribution in [0.2, 0.25) is 5.02 Å². The summed E-state index contributed by atoms with van der Waals surface area (Å²) in [5.74, 6) is 1.08. The summed E-state index contributed by atoms with van der Waals surface area (Å²) >= 11 is 6.24. The second-order valence-corrected chi connectivity index (χ2v) is 9.89. The molecule has 0 N–H and O–H groups in total. The number of amides is 1. The molecule has 0 bridgehead atoms. The number of sulfonamides is 1. The zero-order valence-corrected chi connectivity index (χ0v) is 20.4. The van der Waals surface area contributed by atoms with E-state index in [0.29, 0.717) is 31.1 Å². The van der Waals surface area contributed by atoms with Crippen molar-refractivity contribution in [1.29, 1.82) is 0 Å². The minimum absolute atomic E-state index is 0.0524. The van der Waals surface area contributed by atoms with Gasteiger partial charge in [0, 0.05) is 30.3 Å². The van der Waals surface area contributed by atoms with Crippen molar-refractivity contribution >= 4 is 27.5 Å². The minimum Gasteiger partial charge on any atom is -0.497 e. The third kappa shape index (κ3) is 5.03. The maximum absolute atomic E-state index is 13.5. The van der Waals surface area contributed by atoms with E-state index in [1.165, 1.54) is 16.4 Å². The number of methoxy groups -OCH3 is 2. The van der Waals surface area contributed by atoms with Crippen molar-refractivity contribution in [1.82, 2.24) is 9.21 Å². The van der Waals surface area contributed by atoms with E-state index in [1.54, 1.807) is 51.2 Å². The van der Waals surface area contributed by atoms with Crippen LogP contribution in [0, 0.1) is 0 Å². The first kappa shape index (κ1) is 24.4. The molecule has 3 rings (SSSR count). The second-order valence-electron chi connectivity index (χ2n) is 7.58. The van der Waals surface area contributed by atoms with Gasteiger partial charge in [0.05, 0.1) is 25.8 Å². The van der Waals surface area contributed by atoms with E-state index < -0.39 is 10.0 Å². The van der Waals surface area contributed by atoms with Gasteiger partial charge >= 0.3 is 0 Å². The number of rotatable bonds is 10. The van der Waals surface area contributed by atoms with Crippen molar-refractivity contribution in [3.63, 3.8) is 0 Å². The second kappa shape index (κ2) is 10.1. The Morgan fingerprint density at radius 2 is 1.75 bits per heavy atom. The highest BCUT2D eigenvalue weighted by Gasteiger charge is 2.34. The molecule has 1 saturated carbocycles. The molecule has 9 heteroatoms. The van der Waals surface area contributed by atoms with Crippen LogP contribution < -0.4 is 9.47 Å². The van der Waals surface area contributed by atoms with Gasteiger partial charge in [-0.2, -0.15) is 4.31 Å². The SMILES string of the molecule is CCN(CC)S(=O)(=O)c1cc(C(=O)N(Cc2cc(OC)ccc2OC)C2CC2)ccc1Cl. The molecule has 2 aromatic rings. The lowest BCUT2D eigenvalue weighted by atomic mass is 10.1. The van der Waals surface area contributed by atoms with Gasteiger partial charge in [-0.15, -0.1) is 0 Å². The first-order valence-electron chi connectivity index (χ1n) is 10.6. The molecule has 0 aromatic heterocycles. The molecule has 1 aliphatic carbocycles.